The molecule has 1 amide bonds. The minimum absolute atomic E-state index is 0.0117. The number of amides is 1. The van der Waals surface area contributed by atoms with Gasteiger partial charge >= 0.3 is 0 Å². The van der Waals surface area contributed by atoms with E-state index in [1.54, 1.807) is 6.92 Å². The molecule has 3 nitrogen and oxygen atoms in total. The molecule has 0 saturated heterocycles. The van der Waals surface area contributed by atoms with Crippen molar-refractivity contribution in [2.75, 3.05) is 6.54 Å². The quantitative estimate of drug-likeness (QED) is 0.784. The number of hydrogen-bond donors (Lipinski definition) is 2. The number of hydrogen-bond acceptors (Lipinski definition) is 2. The Morgan fingerprint density at radius 3 is 2.80 bits per heavy atom. The standard InChI is InChI=1S/C21H27FN2O/c1-3-20(25)24-21(11-10-16-6-7-16,18-5-4-12-23-14-18)17-8-9-19(22)15(2)13-17/h4-5,8-9,13-14,16,23H,3,6-7,10-12H2,1-2H3,(H,24,25). The van der Waals surface area contributed by atoms with Crippen molar-refractivity contribution >= 4 is 5.91 Å². The molecule has 1 heterocycles. The second-order valence-corrected chi connectivity index (χ2v) is 7.16. The highest BCUT2D eigenvalue weighted by atomic mass is 19.1. The lowest BCUT2D eigenvalue weighted by Gasteiger charge is -2.38. The molecule has 2 N–H and O–H groups in total. The average molecular weight is 342 g/mol. The predicted octanol–water partition coefficient (Wildman–Crippen LogP) is 4.09. The summed E-state index contributed by atoms with van der Waals surface area (Å²) in [4.78, 5) is 12.4. The van der Waals surface area contributed by atoms with Crippen LogP contribution in [-0.2, 0) is 10.3 Å². The van der Waals surface area contributed by atoms with Crippen LogP contribution in [-0.4, -0.2) is 12.5 Å². The Morgan fingerprint density at radius 1 is 1.40 bits per heavy atom. The van der Waals surface area contributed by atoms with Crippen LogP contribution in [0.3, 0.4) is 0 Å². The van der Waals surface area contributed by atoms with Gasteiger partial charge in [0, 0.05) is 19.2 Å². The van der Waals surface area contributed by atoms with E-state index in [1.807, 2.05) is 25.3 Å². The van der Waals surface area contributed by atoms with Crippen molar-refractivity contribution < 1.29 is 9.18 Å². The van der Waals surface area contributed by atoms with Gasteiger partial charge in [0.2, 0.25) is 5.91 Å². The summed E-state index contributed by atoms with van der Waals surface area (Å²) in [5, 5.41) is 6.53. The molecule has 1 aliphatic carbocycles. The monoisotopic (exact) mass is 342 g/mol. The summed E-state index contributed by atoms with van der Waals surface area (Å²) in [6.45, 7) is 4.42. The van der Waals surface area contributed by atoms with Gasteiger partial charge in [-0.15, -0.1) is 0 Å². The molecular weight excluding hydrogens is 315 g/mol. The predicted molar refractivity (Wildman–Crippen MR) is 98.4 cm³/mol. The summed E-state index contributed by atoms with van der Waals surface area (Å²) < 4.78 is 13.9. The normalized spacial score (nSPS) is 18.9. The van der Waals surface area contributed by atoms with Crippen LogP contribution in [0.4, 0.5) is 4.39 Å². The molecule has 0 spiro atoms. The van der Waals surface area contributed by atoms with Crippen molar-refractivity contribution in [1.82, 2.24) is 10.6 Å². The molecule has 0 aromatic heterocycles. The summed E-state index contributed by atoms with van der Waals surface area (Å²) in [7, 11) is 0. The number of benzene rings is 1. The summed E-state index contributed by atoms with van der Waals surface area (Å²) in [6.07, 6.45) is 11.0. The molecule has 3 rings (SSSR count). The molecule has 25 heavy (non-hydrogen) atoms. The molecule has 2 aliphatic rings. The number of aryl methyl sites for hydroxylation is 1. The lowest BCUT2D eigenvalue weighted by atomic mass is 9.77. The number of carbonyl (C=O) groups excluding carboxylic acids is 1. The third kappa shape index (κ3) is 3.94. The van der Waals surface area contributed by atoms with E-state index in [-0.39, 0.29) is 11.7 Å². The highest BCUT2D eigenvalue weighted by Crippen LogP contribution is 2.42. The zero-order chi connectivity index (χ0) is 17.9. The van der Waals surface area contributed by atoms with Gasteiger partial charge in [0.05, 0.1) is 5.54 Å². The van der Waals surface area contributed by atoms with Crippen LogP contribution in [0.1, 0.15) is 50.2 Å². The average Bonchev–Trinajstić information content (AvgIpc) is 3.46. The van der Waals surface area contributed by atoms with E-state index >= 15 is 0 Å². The first-order valence-corrected chi connectivity index (χ1v) is 9.23. The van der Waals surface area contributed by atoms with Crippen LogP contribution in [0.5, 0.6) is 0 Å². The molecule has 0 bridgehead atoms. The number of rotatable bonds is 7. The third-order valence-corrected chi connectivity index (χ3v) is 5.23. The third-order valence-electron chi connectivity index (χ3n) is 5.23. The maximum Gasteiger partial charge on any atom is 0.220 e. The highest BCUT2D eigenvalue weighted by molar-refractivity contribution is 5.77. The molecule has 0 radical (unpaired) electrons. The summed E-state index contributed by atoms with van der Waals surface area (Å²) in [6, 6.07) is 5.20. The second kappa shape index (κ2) is 7.42. The molecule has 1 aliphatic heterocycles. The topological polar surface area (TPSA) is 41.1 Å². The Bertz CT molecular complexity index is 706. The van der Waals surface area contributed by atoms with E-state index in [0.717, 1.165) is 36.4 Å². The summed E-state index contributed by atoms with van der Waals surface area (Å²) in [5.41, 5.74) is 1.98. The molecule has 1 aromatic rings. The van der Waals surface area contributed by atoms with Crippen molar-refractivity contribution in [3.63, 3.8) is 0 Å². The zero-order valence-electron chi connectivity index (χ0n) is 15.1. The first kappa shape index (κ1) is 17.7. The maximum absolute atomic E-state index is 13.9. The van der Waals surface area contributed by atoms with E-state index in [4.69, 9.17) is 0 Å². The molecule has 1 atom stereocenters. The second-order valence-electron chi connectivity index (χ2n) is 7.16. The SMILES string of the molecule is CCC(=O)NC(CCC1CC1)(C1=CNCC=C1)c1ccc(F)c(C)c1. The van der Waals surface area contributed by atoms with E-state index in [0.29, 0.717) is 12.0 Å². The number of halogens is 1. The van der Waals surface area contributed by atoms with E-state index in [9.17, 15) is 9.18 Å². The first-order valence-electron chi connectivity index (χ1n) is 9.23. The van der Waals surface area contributed by atoms with E-state index < -0.39 is 5.54 Å². The Hall–Kier alpha value is -2.10. The van der Waals surface area contributed by atoms with Gasteiger partial charge < -0.3 is 10.6 Å². The Labute approximate surface area is 149 Å². The number of nitrogens with one attached hydrogen (secondary N) is 2. The molecule has 1 saturated carbocycles. The Morgan fingerprint density at radius 2 is 2.20 bits per heavy atom. The van der Waals surface area contributed by atoms with Gasteiger partial charge in [-0.25, -0.2) is 4.39 Å². The van der Waals surface area contributed by atoms with Gasteiger partial charge in [-0.2, -0.15) is 0 Å². The minimum atomic E-state index is -0.613. The minimum Gasteiger partial charge on any atom is -0.387 e. The number of dihydropyridines is 1. The van der Waals surface area contributed by atoms with Gasteiger partial charge in [-0.1, -0.05) is 44.1 Å². The fourth-order valence-electron chi connectivity index (χ4n) is 3.46. The fraction of sp³-hybridized carbons (Fsp3) is 0.476. The van der Waals surface area contributed by atoms with Gasteiger partial charge in [0.25, 0.3) is 0 Å². The molecule has 134 valence electrons. The van der Waals surface area contributed by atoms with Crippen molar-refractivity contribution in [2.45, 2.75) is 51.5 Å². The van der Waals surface area contributed by atoms with Crippen molar-refractivity contribution in [3.05, 3.63) is 59.1 Å². The summed E-state index contributed by atoms with van der Waals surface area (Å²) in [5.74, 6) is 0.547. The van der Waals surface area contributed by atoms with Crippen molar-refractivity contribution in [2.24, 2.45) is 5.92 Å². The van der Waals surface area contributed by atoms with E-state index in [1.165, 1.54) is 18.9 Å². The Kier molecular flexibility index (Phi) is 5.26. The van der Waals surface area contributed by atoms with Crippen LogP contribution in [0.25, 0.3) is 0 Å². The maximum atomic E-state index is 13.9. The van der Waals surface area contributed by atoms with Crippen LogP contribution in [0, 0.1) is 18.7 Å². The van der Waals surface area contributed by atoms with Gasteiger partial charge in [-0.3, -0.25) is 4.79 Å². The van der Waals surface area contributed by atoms with Crippen LogP contribution in [0.15, 0.2) is 42.1 Å². The highest BCUT2D eigenvalue weighted by Gasteiger charge is 2.39. The fourth-order valence-corrected chi connectivity index (χ4v) is 3.46. The molecule has 4 heteroatoms. The van der Waals surface area contributed by atoms with Crippen LogP contribution >= 0.6 is 0 Å². The summed E-state index contributed by atoms with van der Waals surface area (Å²) >= 11 is 0. The zero-order valence-corrected chi connectivity index (χ0v) is 15.1. The van der Waals surface area contributed by atoms with Crippen LogP contribution < -0.4 is 10.6 Å². The number of carbonyl (C=O) groups is 1. The van der Waals surface area contributed by atoms with Gasteiger partial charge in [0.15, 0.2) is 0 Å². The van der Waals surface area contributed by atoms with Gasteiger partial charge in [-0.05, 0) is 48.4 Å². The molecule has 1 aromatic carbocycles. The smallest absolute Gasteiger partial charge is 0.220 e. The lowest BCUT2D eigenvalue weighted by Crippen LogP contribution is -2.48. The molecular formula is C21H27FN2O. The van der Waals surface area contributed by atoms with E-state index in [2.05, 4.69) is 22.8 Å². The molecule has 1 unspecified atom stereocenters. The van der Waals surface area contributed by atoms with Gasteiger partial charge in [0.1, 0.15) is 5.82 Å². The van der Waals surface area contributed by atoms with Crippen molar-refractivity contribution in [1.29, 1.82) is 0 Å². The largest absolute Gasteiger partial charge is 0.387 e. The Balaban J connectivity index is 2.06. The van der Waals surface area contributed by atoms with Crippen molar-refractivity contribution in [3.8, 4) is 0 Å². The van der Waals surface area contributed by atoms with Crippen LogP contribution in [0.2, 0.25) is 0 Å². The first-order chi connectivity index (χ1) is 12.0. The molecule has 1 fully saturated rings. The lowest BCUT2D eigenvalue weighted by molar-refractivity contribution is -0.122.